The van der Waals surface area contributed by atoms with Crippen LogP contribution in [0.25, 0.3) is 5.69 Å². The van der Waals surface area contributed by atoms with E-state index in [1.54, 1.807) is 24.4 Å². The Morgan fingerprint density at radius 3 is 2.83 bits per heavy atom. The molecule has 1 fully saturated rings. The second-order valence-electron chi connectivity index (χ2n) is 8.57. The Bertz CT molecular complexity index is 1380. The van der Waals surface area contributed by atoms with Gasteiger partial charge in [-0.2, -0.15) is 0 Å². The lowest BCUT2D eigenvalue weighted by Crippen LogP contribution is -2.52. The third-order valence-electron chi connectivity index (χ3n) is 6.30. The molecule has 3 aromatic rings. The van der Waals surface area contributed by atoms with Crippen LogP contribution in [0.5, 0.6) is 0 Å². The number of nitrogens with one attached hydrogen (secondary N) is 2. The van der Waals surface area contributed by atoms with Crippen LogP contribution in [0.1, 0.15) is 57.4 Å². The number of aromatic nitrogens is 4. The second kappa shape index (κ2) is 8.75. The molecule has 0 bridgehead atoms. The zero-order chi connectivity index (χ0) is 24.7. The van der Waals surface area contributed by atoms with Crippen molar-refractivity contribution < 1.29 is 19.2 Å². The molecule has 1 unspecified atom stereocenters. The first-order chi connectivity index (χ1) is 16.8. The van der Waals surface area contributed by atoms with Gasteiger partial charge in [0.1, 0.15) is 6.04 Å². The first-order valence-electron chi connectivity index (χ1n) is 11.3. The van der Waals surface area contributed by atoms with E-state index < -0.39 is 17.9 Å². The van der Waals surface area contributed by atoms with Crippen molar-refractivity contribution in [3.8, 4) is 5.69 Å². The van der Waals surface area contributed by atoms with E-state index in [4.69, 9.17) is 0 Å². The molecule has 2 aromatic heterocycles. The van der Waals surface area contributed by atoms with E-state index in [0.29, 0.717) is 29.1 Å². The number of hydrogen-bond donors (Lipinski definition) is 2. The van der Waals surface area contributed by atoms with Gasteiger partial charge in [0.05, 0.1) is 23.3 Å². The summed E-state index contributed by atoms with van der Waals surface area (Å²) in [5, 5.41) is 13.2. The van der Waals surface area contributed by atoms with Crippen LogP contribution in [-0.2, 0) is 22.6 Å². The highest BCUT2D eigenvalue weighted by Gasteiger charge is 2.39. The number of carbonyl (C=O) groups excluding carboxylic acids is 4. The number of nitrogens with zero attached hydrogens (tertiary/aromatic N) is 5. The van der Waals surface area contributed by atoms with Crippen LogP contribution in [0.15, 0.2) is 36.7 Å². The number of aryl methyl sites for hydroxylation is 2. The maximum atomic E-state index is 12.9. The van der Waals surface area contributed by atoms with E-state index in [2.05, 4.69) is 25.9 Å². The van der Waals surface area contributed by atoms with Gasteiger partial charge in [0.15, 0.2) is 5.69 Å². The van der Waals surface area contributed by atoms with E-state index in [0.717, 1.165) is 17.5 Å². The highest BCUT2D eigenvalue weighted by Crippen LogP contribution is 2.29. The average molecular weight is 473 g/mol. The zero-order valence-electron chi connectivity index (χ0n) is 19.2. The molecule has 11 heteroatoms. The maximum Gasteiger partial charge on any atom is 0.277 e. The number of fused-ring (bicyclic) bond motifs is 1. The summed E-state index contributed by atoms with van der Waals surface area (Å²) in [6, 6.07) is 6.37. The summed E-state index contributed by atoms with van der Waals surface area (Å²) in [5.74, 6) is -1.44. The van der Waals surface area contributed by atoms with Crippen molar-refractivity contribution in [2.45, 2.75) is 45.7 Å². The Hall–Kier alpha value is -4.41. The van der Waals surface area contributed by atoms with Gasteiger partial charge < -0.3 is 10.2 Å². The van der Waals surface area contributed by atoms with Crippen molar-refractivity contribution in [2.75, 3.05) is 5.32 Å². The smallest absolute Gasteiger partial charge is 0.277 e. The van der Waals surface area contributed by atoms with Crippen molar-refractivity contribution in [1.29, 1.82) is 0 Å². The number of anilines is 1. The number of carbonyl (C=O) groups is 4. The molecule has 11 nitrogen and oxygen atoms in total. The molecule has 0 spiro atoms. The van der Waals surface area contributed by atoms with Gasteiger partial charge in [-0.3, -0.25) is 29.5 Å². The van der Waals surface area contributed by atoms with Crippen molar-refractivity contribution in [1.82, 2.24) is 30.2 Å². The van der Waals surface area contributed by atoms with Crippen LogP contribution in [-0.4, -0.2) is 54.5 Å². The molecule has 2 aliphatic heterocycles. The average Bonchev–Trinajstić information content (AvgIpc) is 3.46. The fourth-order valence-corrected chi connectivity index (χ4v) is 4.28. The number of piperidine rings is 1. The summed E-state index contributed by atoms with van der Waals surface area (Å²) in [6.45, 7) is 4.07. The Kier molecular flexibility index (Phi) is 5.59. The SMILES string of the molecule is CCc1cnc(C)c(NC(=O)c2cn(-c3ccc4c(c3)CN(C3CCC(=O)NC3=O)C4=O)nn2)c1. The van der Waals surface area contributed by atoms with Gasteiger partial charge in [-0.05, 0) is 55.2 Å². The minimum atomic E-state index is -0.679. The number of hydrogen-bond acceptors (Lipinski definition) is 7. The quantitative estimate of drug-likeness (QED) is 0.536. The summed E-state index contributed by atoms with van der Waals surface area (Å²) in [4.78, 5) is 55.1. The minimum Gasteiger partial charge on any atom is -0.322 e. The van der Waals surface area contributed by atoms with Crippen LogP contribution >= 0.6 is 0 Å². The van der Waals surface area contributed by atoms with Gasteiger partial charge in [-0.1, -0.05) is 12.1 Å². The van der Waals surface area contributed by atoms with Gasteiger partial charge in [0.25, 0.3) is 11.8 Å². The molecule has 35 heavy (non-hydrogen) atoms. The molecule has 0 saturated carbocycles. The van der Waals surface area contributed by atoms with E-state index in [9.17, 15) is 19.2 Å². The van der Waals surface area contributed by atoms with E-state index in [1.807, 2.05) is 19.9 Å². The largest absolute Gasteiger partial charge is 0.322 e. The second-order valence-corrected chi connectivity index (χ2v) is 8.57. The topological polar surface area (TPSA) is 139 Å². The van der Waals surface area contributed by atoms with Crippen molar-refractivity contribution in [2.24, 2.45) is 0 Å². The van der Waals surface area contributed by atoms with Gasteiger partial charge in [0, 0.05) is 24.7 Å². The lowest BCUT2D eigenvalue weighted by Gasteiger charge is -2.29. The number of pyridine rings is 1. The van der Waals surface area contributed by atoms with Crippen molar-refractivity contribution in [3.63, 3.8) is 0 Å². The third kappa shape index (κ3) is 4.16. The molecule has 178 valence electrons. The van der Waals surface area contributed by atoms with Crippen molar-refractivity contribution in [3.05, 3.63) is 64.7 Å². The van der Waals surface area contributed by atoms with Gasteiger partial charge in [-0.15, -0.1) is 5.10 Å². The predicted molar refractivity (Wildman–Crippen MR) is 124 cm³/mol. The number of amides is 4. The Morgan fingerprint density at radius 2 is 2.06 bits per heavy atom. The predicted octanol–water partition coefficient (Wildman–Crippen LogP) is 1.55. The molecule has 1 saturated heterocycles. The fourth-order valence-electron chi connectivity index (χ4n) is 4.28. The van der Waals surface area contributed by atoms with Crippen LogP contribution in [0, 0.1) is 6.92 Å². The molecular weight excluding hydrogens is 450 g/mol. The first kappa shape index (κ1) is 22.4. The molecule has 1 atom stereocenters. The van der Waals surface area contributed by atoms with Crippen LogP contribution in [0.3, 0.4) is 0 Å². The van der Waals surface area contributed by atoms with Crippen LogP contribution in [0.2, 0.25) is 0 Å². The molecule has 0 radical (unpaired) electrons. The molecule has 1 aromatic carbocycles. The van der Waals surface area contributed by atoms with Crippen LogP contribution < -0.4 is 10.6 Å². The lowest BCUT2D eigenvalue weighted by atomic mass is 10.0. The normalized spacial score (nSPS) is 17.4. The number of imide groups is 1. The van der Waals surface area contributed by atoms with E-state index >= 15 is 0 Å². The minimum absolute atomic E-state index is 0.132. The van der Waals surface area contributed by atoms with Crippen LogP contribution in [0.4, 0.5) is 5.69 Å². The van der Waals surface area contributed by atoms with E-state index in [-0.39, 0.29) is 30.5 Å². The fraction of sp³-hybridized carbons (Fsp3) is 0.292. The summed E-state index contributed by atoms with van der Waals surface area (Å²) in [6.07, 6.45) is 4.59. The third-order valence-corrected chi connectivity index (χ3v) is 6.30. The van der Waals surface area contributed by atoms with Gasteiger partial charge >= 0.3 is 0 Å². The Labute approximate surface area is 200 Å². The molecule has 2 N–H and O–H groups in total. The Balaban J connectivity index is 1.33. The highest BCUT2D eigenvalue weighted by molar-refractivity contribution is 6.05. The molecular formula is C24H23N7O4. The van der Waals surface area contributed by atoms with Gasteiger partial charge in [0.2, 0.25) is 11.8 Å². The number of rotatable bonds is 5. The highest BCUT2D eigenvalue weighted by atomic mass is 16.2. The standard InChI is InChI=1S/C24H23N7O4/c1-3-14-8-18(13(2)25-10-14)26-22(33)19-12-31(29-28-19)16-4-5-17-15(9-16)11-30(24(17)35)20-6-7-21(32)27-23(20)34/h4-5,8-10,12,20H,3,6-7,11H2,1-2H3,(H,26,33)(H,27,32,34). The summed E-state index contributed by atoms with van der Waals surface area (Å²) in [7, 11) is 0. The summed E-state index contributed by atoms with van der Waals surface area (Å²) >= 11 is 0. The zero-order valence-corrected chi connectivity index (χ0v) is 19.2. The van der Waals surface area contributed by atoms with Crippen molar-refractivity contribution >= 4 is 29.3 Å². The maximum absolute atomic E-state index is 12.9. The monoisotopic (exact) mass is 473 g/mol. The number of benzene rings is 1. The lowest BCUT2D eigenvalue weighted by molar-refractivity contribution is -0.136. The molecule has 0 aliphatic carbocycles. The summed E-state index contributed by atoms with van der Waals surface area (Å²) in [5.41, 5.74) is 4.31. The molecule has 2 aliphatic rings. The molecule has 4 heterocycles. The molecule has 4 amide bonds. The summed E-state index contributed by atoms with van der Waals surface area (Å²) < 4.78 is 1.46. The van der Waals surface area contributed by atoms with E-state index in [1.165, 1.54) is 15.8 Å². The first-order valence-corrected chi connectivity index (χ1v) is 11.3. The Morgan fingerprint density at radius 1 is 1.23 bits per heavy atom. The molecule has 5 rings (SSSR count). The van der Waals surface area contributed by atoms with Gasteiger partial charge in [-0.25, -0.2) is 4.68 Å².